The molecular weight excluding hydrogens is 542 g/mol. The zero-order valence-corrected chi connectivity index (χ0v) is 23.8. The smallest absolute Gasteiger partial charge is 0.244 e. The fourth-order valence-corrected chi connectivity index (χ4v) is 5.16. The Bertz CT molecular complexity index is 1400. The van der Waals surface area contributed by atoms with Gasteiger partial charge in [0.15, 0.2) is 0 Å². The van der Waals surface area contributed by atoms with Gasteiger partial charge < -0.3 is 19.7 Å². The number of sulfonamides is 1. The maximum Gasteiger partial charge on any atom is 0.244 e. The number of carbonyl (C=O) groups is 2. The number of halogens is 1. The highest BCUT2D eigenvalue weighted by molar-refractivity contribution is 7.92. The third-order valence-corrected chi connectivity index (χ3v) is 7.65. The first-order valence-electron chi connectivity index (χ1n) is 12.1. The molecule has 0 aliphatic heterocycles. The largest absolute Gasteiger partial charge is 0.497 e. The normalized spacial score (nSPS) is 11.8. The van der Waals surface area contributed by atoms with Crippen molar-refractivity contribution in [2.24, 2.45) is 0 Å². The van der Waals surface area contributed by atoms with E-state index in [-0.39, 0.29) is 24.4 Å². The number of benzene rings is 3. The van der Waals surface area contributed by atoms with E-state index in [9.17, 15) is 18.0 Å². The van der Waals surface area contributed by atoms with E-state index in [2.05, 4.69) is 5.32 Å². The summed E-state index contributed by atoms with van der Waals surface area (Å²) in [5.74, 6) is -0.384. The molecule has 1 unspecified atom stereocenters. The zero-order chi connectivity index (χ0) is 28.6. The Hall–Kier alpha value is -3.76. The second-order valence-electron chi connectivity index (χ2n) is 8.74. The third kappa shape index (κ3) is 7.64. The number of methoxy groups -OCH3 is 2. The van der Waals surface area contributed by atoms with Gasteiger partial charge in [0.05, 0.1) is 26.2 Å². The van der Waals surface area contributed by atoms with Crippen molar-refractivity contribution >= 4 is 39.1 Å². The molecule has 0 aliphatic rings. The van der Waals surface area contributed by atoms with E-state index < -0.39 is 34.4 Å². The second-order valence-corrected chi connectivity index (χ2v) is 11.1. The van der Waals surface area contributed by atoms with Crippen LogP contribution in [0, 0.1) is 0 Å². The number of nitrogens with one attached hydrogen (secondary N) is 1. The Morgan fingerprint density at radius 3 is 2.23 bits per heavy atom. The molecule has 3 aromatic carbocycles. The van der Waals surface area contributed by atoms with Crippen molar-refractivity contribution in [1.29, 1.82) is 0 Å². The number of carbonyl (C=O) groups excluding carboxylic acids is 2. The first-order chi connectivity index (χ1) is 18.6. The van der Waals surface area contributed by atoms with Gasteiger partial charge in [0, 0.05) is 31.1 Å². The quantitative estimate of drug-likeness (QED) is 0.355. The predicted octanol–water partition coefficient (Wildman–Crippen LogP) is 3.51. The van der Waals surface area contributed by atoms with Crippen molar-refractivity contribution < 1.29 is 27.5 Å². The Balaban J connectivity index is 2.09. The molecule has 0 bridgehead atoms. The number of anilines is 1. The second kappa shape index (κ2) is 13.3. The first-order valence-corrected chi connectivity index (χ1v) is 14.3. The van der Waals surface area contributed by atoms with Gasteiger partial charge in [-0.2, -0.15) is 0 Å². The van der Waals surface area contributed by atoms with Crippen molar-refractivity contribution in [1.82, 2.24) is 10.2 Å². The van der Waals surface area contributed by atoms with Crippen LogP contribution in [0.25, 0.3) is 0 Å². The van der Waals surface area contributed by atoms with Crippen molar-refractivity contribution in [3.63, 3.8) is 0 Å². The standard InChI is InChI=1S/C28H32ClN3O6S/c1-30-28(34)25(16-20-10-6-5-7-11-20)31(18-21-12-8-9-13-23(21)29)27(33)19-32(39(4,35)36)24-17-22(37-2)14-15-26(24)38-3/h5-15,17,25H,16,18-19H2,1-4H3,(H,30,34). The van der Waals surface area contributed by atoms with Crippen LogP contribution in [-0.2, 0) is 32.6 Å². The van der Waals surface area contributed by atoms with Crippen LogP contribution < -0.4 is 19.1 Å². The van der Waals surface area contributed by atoms with Crippen LogP contribution in [0.4, 0.5) is 5.69 Å². The fourth-order valence-electron chi connectivity index (χ4n) is 4.12. The third-order valence-electron chi connectivity index (χ3n) is 6.15. The molecule has 208 valence electrons. The van der Waals surface area contributed by atoms with Crippen LogP contribution in [-0.4, -0.2) is 65.2 Å². The first kappa shape index (κ1) is 29.8. The molecule has 0 aliphatic carbocycles. The van der Waals surface area contributed by atoms with Crippen molar-refractivity contribution in [3.05, 3.63) is 88.9 Å². The van der Waals surface area contributed by atoms with Gasteiger partial charge in [0.1, 0.15) is 24.1 Å². The lowest BCUT2D eigenvalue weighted by atomic mass is 10.0. The molecule has 0 saturated heterocycles. The van der Waals surface area contributed by atoms with E-state index in [0.29, 0.717) is 16.3 Å². The fraction of sp³-hybridized carbons (Fsp3) is 0.286. The number of amides is 2. The molecule has 1 atom stereocenters. The maximum atomic E-state index is 14.0. The Kier molecular flexibility index (Phi) is 10.2. The summed E-state index contributed by atoms with van der Waals surface area (Å²) >= 11 is 6.42. The summed E-state index contributed by atoms with van der Waals surface area (Å²) in [5.41, 5.74) is 1.57. The van der Waals surface area contributed by atoms with Gasteiger partial charge in [0.25, 0.3) is 0 Å². The summed E-state index contributed by atoms with van der Waals surface area (Å²) in [6, 6.07) is 20.0. The minimum atomic E-state index is -3.97. The highest BCUT2D eigenvalue weighted by Crippen LogP contribution is 2.34. The van der Waals surface area contributed by atoms with Crippen LogP contribution in [0.15, 0.2) is 72.8 Å². The maximum absolute atomic E-state index is 14.0. The Morgan fingerprint density at radius 2 is 1.64 bits per heavy atom. The molecule has 3 rings (SSSR count). The molecule has 0 aromatic heterocycles. The summed E-state index contributed by atoms with van der Waals surface area (Å²) in [4.78, 5) is 28.5. The number of likely N-dealkylation sites (N-methyl/N-ethyl adjacent to an activating group) is 1. The molecule has 0 saturated carbocycles. The molecule has 39 heavy (non-hydrogen) atoms. The molecule has 0 radical (unpaired) electrons. The van der Waals surface area contributed by atoms with Crippen molar-refractivity contribution in [3.8, 4) is 11.5 Å². The van der Waals surface area contributed by atoms with Crippen LogP contribution in [0.5, 0.6) is 11.5 Å². The zero-order valence-electron chi connectivity index (χ0n) is 22.3. The van der Waals surface area contributed by atoms with Gasteiger partial charge >= 0.3 is 0 Å². The number of hydrogen-bond donors (Lipinski definition) is 1. The van der Waals surface area contributed by atoms with Gasteiger partial charge in [-0.15, -0.1) is 0 Å². The Labute approximate surface area is 234 Å². The van der Waals surface area contributed by atoms with E-state index in [1.165, 1.54) is 32.2 Å². The molecule has 0 fully saturated rings. The van der Waals surface area contributed by atoms with E-state index in [4.69, 9.17) is 21.1 Å². The molecule has 1 N–H and O–H groups in total. The van der Waals surface area contributed by atoms with Crippen LogP contribution in [0.2, 0.25) is 5.02 Å². The van der Waals surface area contributed by atoms with Crippen molar-refractivity contribution in [2.75, 3.05) is 38.4 Å². The van der Waals surface area contributed by atoms with E-state index in [1.807, 2.05) is 30.3 Å². The number of rotatable bonds is 12. The summed E-state index contributed by atoms with van der Waals surface area (Å²) in [6.07, 6.45) is 1.20. The van der Waals surface area contributed by atoms with Gasteiger partial charge in [-0.1, -0.05) is 60.1 Å². The lowest BCUT2D eigenvalue weighted by Gasteiger charge is -2.33. The van der Waals surface area contributed by atoms with Crippen molar-refractivity contribution in [2.45, 2.75) is 19.0 Å². The highest BCUT2D eigenvalue weighted by Gasteiger charge is 2.33. The predicted molar refractivity (Wildman–Crippen MR) is 152 cm³/mol. The van der Waals surface area contributed by atoms with Crippen LogP contribution in [0.1, 0.15) is 11.1 Å². The van der Waals surface area contributed by atoms with Gasteiger partial charge in [0.2, 0.25) is 21.8 Å². The van der Waals surface area contributed by atoms with E-state index in [1.54, 1.807) is 36.4 Å². The summed E-state index contributed by atoms with van der Waals surface area (Å²) in [7, 11) is 0.367. The SMILES string of the molecule is CNC(=O)C(Cc1ccccc1)N(Cc1ccccc1Cl)C(=O)CN(c1cc(OC)ccc1OC)S(C)(=O)=O. The monoisotopic (exact) mass is 573 g/mol. The van der Waals surface area contributed by atoms with Gasteiger partial charge in [-0.05, 0) is 29.3 Å². The lowest BCUT2D eigenvalue weighted by molar-refractivity contribution is -0.139. The number of hydrogen-bond acceptors (Lipinski definition) is 6. The van der Waals surface area contributed by atoms with E-state index in [0.717, 1.165) is 16.1 Å². The average Bonchev–Trinajstić information content (AvgIpc) is 2.93. The lowest BCUT2D eigenvalue weighted by Crippen LogP contribution is -2.53. The average molecular weight is 574 g/mol. The molecule has 0 spiro atoms. The van der Waals surface area contributed by atoms with Crippen LogP contribution >= 0.6 is 11.6 Å². The number of nitrogens with zero attached hydrogens (tertiary/aromatic N) is 2. The minimum Gasteiger partial charge on any atom is -0.497 e. The van der Waals surface area contributed by atoms with Gasteiger partial charge in [-0.25, -0.2) is 8.42 Å². The summed E-state index contributed by atoms with van der Waals surface area (Å²) in [6.45, 7) is -0.606. The Morgan fingerprint density at radius 1 is 0.974 bits per heavy atom. The highest BCUT2D eigenvalue weighted by atomic mass is 35.5. The number of ether oxygens (including phenoxy) is 2. The molecule has 11 heteroatoms. The molecule has 2 amide bonds. The van der Waals surface area contributed by atoms with Crippen LogP contribution in [0.3, 0.4) is 0 Å². The molecular formula is C28H32ClN3O6S. The molecule has 9 nitrogen and oxygen atoms in total. The van der Waals surface area contributed by atoms with Gasteiger partial charge in [-0.3, -0.25) is 13.9 Å². The summed E-state index contributed by atoms with van der Waals surface area (Å²) in [5, 5.41) is 3.05. The molecule has 0 heterocycles. The molecule has 3 aromatic rings. The minimum absolute atomic E-state index is 0.0176. The van der Waals surface area contributed by atoms with E-state index >= 15 is 0 Å². The summed E-state index contributed by atoms with van der Waals surface area (Å²) < 4.78 is 37.6. The topological polar surface area (TPSA) is 105 Å².